The average molecular weight is 242 g/mol. The van der Waals surface area contributed by atoms with Crippen LogP contribution in [0.4, 0.5) is 0 Å². The van der Waals surface area contributed by atoms with Crippen molar-refractivity contribution in [1.29, 1.82) is 0 Å². The Hall–Kier alpha value is -1.32. The van der Waals surface area contributed by atoms with E-state index < -0.39 is 0 Å². The highest BCUT2D eigenvalue weighted by Gasteiger charge is 2.01. The number of benzene rings is 1. The van der Waals surface area contributed by atoms with Crippen molar-refractivity contribution in [2.75, 3.05) is 6.61 Å². The van der Waals surface area contributed by atoms with Crippen molar-refractivity contribution >= 4 is 18.4 Å². The number of halogens is 1. The van der Waals surface area contributed by atoms with Gasteiger partial charge in [-0.15, -0.1) is 12.4 Å². The lowest BCUT2D eigenvalue weighted by atomic mass is 10.1. The molecule has 1 aromatic rings. The Kier molecular flexibility index (Phi) is 7.25. The van der Waals surface area contributed by atoms with Crippen LogP contribution in [0.2, 0.25) is 0 Å². The Balaban J connectivity index is 0.00000225. The third kappa shape index (κ3) is 4.47. The number of hydrogen-bond acceptors (Lipinski definition) is 3. The van der Waals surface area contributed by atoms with Gasteiger partial charge in [-0.05, 0) is 11.1 Å². The van der Waals surface area contributed by atoms with Crippen molar-refractivity contribution < 1.29 is 9.53 Å². The SMILES string of the molecule is C=CC(=O)OCCc1ccccc1CN.Cl. The maximum atomic E-state index is 10.8. The molecule has 0 amide bonds. The monoisotopic (exact) mass is 241 g/mol. The molecule has 0 aliphatic carbocycles. The molecule has 0 radical (unpaired) electrons. The first-order valence-corrected chi connectivity index (χ1v) is 4.84. The van der Waals surface area contributed by atoms with Crippen LogP contribution in [0.5, 0.6) is 0 Å². The van der Waals surface area contributed by atoms with E-state index in [1.54, 1.807) is 0 Å². The number of hydrogen-bond donors (Lipinski definition) is 1. The average Bonchev–Trinajstić information content (AvgIpc) is 2.29. The third-order valence-electron chi connectivity index (χ3n) is 2.12. The molecule has 0 unspecified atom stereocenters. The molecule has 0 saturated heterocycles. The van der Waals surface area contributed by atoms with Gasteiger partial charge in [-0.2, -0.15) is 0 Å². The number of nitrogens with two attached hydrogens (primary N) is 1. The second kappa shape index (κ2) is 7.91. The zero-order chi connectivity index (χ0) is 11.1. The van der Waals surface area contributed by atoms with Crippen LogP contribution >= 0.6 is 12.4 Å². The van der Waals surface area contributed by atoms with Crippen LogP contribution < -0.4 is 5.73 Å². The fraction of sp³-hybridized carbons (Fsp3) is 0.250. The molecule has 88 valence electrons. The van der Waals surface area contributed by atoms with Gasteiger partial charge in [0.2, 0.25) is 0 Å². The Morgan fingerprint density at radius 2 is 2.00 bits per heavy atom. The molecule has 0 spiro atoms. The third-order valence-corrected chi connectivity index (χ3v) is 2.12. The highest BCUT2D eigenvalue weighted by atomic mass is 35.5. The Bertz CT molecular complexity index is 353. The number of carbonyl (C=O) groups excluding carboxylic acids is 1. The summed E-state index contributed by atoms with van der Waals surface area (Å²) in [6.07, 6.45) is 1.85. The standard InChI is InChI=1S/C12H15NO2.ClH/c1-2-12(14)15-8-7-10-5-3-4-6-11(10)9-13;/h2-6H,1,7-9,13H2;1H. The summed E-state index contributed by atoms with van der Waals surface area (Å²) in [5, 5.41) is 0. The summed E-state index contributed by atoms with van der Waals surface area (Å²) in [6, 6.07) is 7.86. The number of rotatable bonds is 5. The molecule has 0 heterocycles. The maximum absolute atomic E-state index is 10.8. The zero-order valence-electron chi connectivity index (χ0n) is 9.02. The van der Waals surface area contributed by atoms with Crippen LogP contribution in [0.1, 0.15) is 11.1 Å². The summed E-state index contributed by atoms with van der Waals surface area (Å²) in [5.74, 6) is -0.389. The molecule has 0 aromatic heterocycles. The van der Waals surface area contributed by atoms with E-state index in [0.717, 1.165) is 17.2 Å². The molecule has 0 atom stereocenters. The lowest BCUT2D eigenvalue weighted by Gasteiger charge is -2.07. The largest absolute Gasteiger partial charge is 0.462 e. The molecule has 0 saturated carbocycles. The first kappa shape index (κ1) is 14.7. The highest BCUT2D eigenvalue weighted by Crippen LogP contribution is 2.08. The molecular weight excluding hydrogens is 226 g/mol. The van der Waals surface area contributed by atoms with Gasteiger partial charge in [0.05, 0.1) is 6.61 Å². The summed E-state index contributed by atoms with van der Waals surface area (Å²) in [5.41, 5.74) is 7.80. The van der Waals surface area contributed by atoms with E-state index in [1.165, 1.54) is 0 Å². The minimum absolute atomic E-state index is 0. The predicted octanol–water partition coefficient (Wildman–Crippen LogP) is 1.84. The molecule has 1 aromatic carbocycles. The van der Waals surface area contributed by atoms with Gasteiger partial charge >= 0.3 is 5.97 Å². The van der Waals surface area contributed by atoms with Gasteiger partial charge < -0.3 is 10.5 Å². The van der Waals surface area contributed by atoms with Crippen molar-refractivity contribution in [3.63, 3.8) is 0 Å². The summed E-state index contributed by atoms with van der Waals surface area (Å²) in [6.45, 7) is 4.19. The van der Waals surface area contributed by atoms with E-state index in [4.69, 9.17) is 10.5 Å². The molecule has 16 heavy (non-hydrogen) atoms. The van der Waals surface area contributed by atoms with Gasteiger partial charge in [-0.1, -0.05) is 30.8 Å². The molecule has 2 N–H and O–H groups in total. The van der Waals surface area contributed by atoms with Crippen LogP contribution in [0, 0.1) is 0 Å². The summed E-state index contributed by atoms with van der Waals surface area (Å²) >= 11 is 0. The van der Waals surface area contributed by atoms with Gasteiger partial charge in [0.1, 0.15) is 0 Å². The molecule has 0 aliphatic heterocycles. The molecule has 1 rings (SSSR count). The molecule has 0 aliphatic rings. The van der Waals surface area contributed by atoms with Crippen molar-refractivity contribution in [3.8, 4) is 0 Å². The maximum Gasteiger partial charge on any atom is 0.330 e. The first-order chi connectivity index (χ1) is 7.27. The van der Waals surface area contributed by atoms with Crippen molar-refractivity contribution in [1.82, 2.24) is 0 Å². The van der Waals surface area contributed by atoms with Gasteiger partial charge in [-0.25, -0.2) is 4.79 Å². The molecule has 0 fully saturated rings. The molecule has 0 bridgehead atoms. The van der Waals surface area contributed by atoms with Crippen molar-refractivity contribution in [3.05, 3.63) is 48.0 Å². The van der Waals surface area contributed by atoms with E-state index in [2.05, 4.69) is 6.58 Å². The van der Waals surface area contributed by atoms with E-state index >= 15 is 0 Å². The lowest BCUT2D eigenvalue weighted by molar-refractivity contribution is -0.137. The predicted molar refractivity (Wildman–Crippen MR) is 66.4 cm³/mol. The highest BCUT2D eigenvalue weighted by molar-refractivity contribution is 5.85. The minimum Gasteiger partial charge on any atom is -0.462 e. The Morgan fingerprint density at radius 1 is 1.38 bits per heavy atom. The minimum atomic E-state index is -0.389. The van der Waals surface area contributed by atoms with Crippen LogP contribution in [0.25, 0.3) is 0 Å². The molecule has 4 heteroatoms. The summed E-state index contributed by atoms with van der Waals surface area (Å²) < 4.78 is 4.90. The van der Waals surface area contributed by atoms with E-state index in [1.807, 2.05) is 24.3 Å². The fourth-order valence-corrected chi connectivity index (χ4v) is 1.32. The van der Waals surface area contributed by atoms with Crippen LogP contribution in [0.3, 0.4) is 0 Å². The van der Waals surface area contributed by atoms with Crippen LogP contribution in [0.15, 0.2) is 36.9 Å². The van der Waals surface area contributed by atoms with Crippen LogP contribution in [-0.2, 0) is 22.5 Å². The Labute approximate surface area is 102 Å². The quantitative estimate of drug-likeness (QED) is 0.632. The normalized spacial score (nSPS) is 9.06. The smallest absolute Gasteiger partial charge is 0.330 e. The molecular formula is C12H16ClNO2. The van der Waals surface area contributed by atoms with Gasteiger partial charge in [-0.3, -0.25) is 0 Å². The van der Waals surface area contributed by atoms with Gasteiger partial charge in [0.25, 0.3) is 0 Å². The van der Waals surface area contributed by atoms with Gasteiger partial charge in [0, 0.05) is 19.0 Å². The van der Waals surface area contributed by atoms with Crippen LogP contribution in [-0.4, -0.2) is 12.6 Å². The Morgan fingerprint density at radius 3 is 2.56 bits per heavy atom. The number of carbonyl (C=O) groups is 1. The number of esters is 1. The van der Waals surface area contributed by atoms with E-state index in [0.29, 0.717) is 19.6 Å². The topological polar surface area (TPSA) is 52.3 Å². The zero-order valence-corrected chi connectivity index (χ0v) is 9.83. The molecule has 3 nitrogen and oxygen atoms in total. The first-order valence-electron chi connectivity index (χ1n) is 4.84. The van der Waals surface area contributed by atoms with E-state index in [-0.39, 0.29) is 18.4 Å². The van der Waals surface area contributed by atoms with Gasteiger partial charge in [0.15, 0.2) is 0 Å². The summed E-state index contributed by atoms with van der Waals surface area (Å²) in [4.78, 5) is 10.8. The number of ether oxygens (including phenoxy) is 1. The second-order valence-electron chi connectivity index (χ2n) is 3.09. The van der Waals surface area contributed by atoms with Crippen molar-refractivity contribution in [2.45, 2.75) is 13.0 Å². The summed E-state index contributed by atoms with van der Waals surface area (Å²) in [7, 11) is 0. The lowest BCUT2D eigenvalue weighted by Crippen LogP contribution is -2.07. The fourth-order valence-electron chi connectivity index (χ4n) is 1.32. The second-order valence-corrected chi connectivity index (χ2v) is 3.09. The van der Waals surface area contributed by atoms with Crippen molar-refractivity contribution in [2.24, 2.45) is 5.73 Å². The van der Waals surface area contributed by atoms with E-state index in [9.17, 15) is 4.79 Å².